The lowest BCUT2D eigenvalue weighted by Crippen LogP contribution is -2.34. The monoisotopic (exact) mass is 318 g/mol. The average Bonchev–Trinajstić information content (AvgIpc) is 2.96. The SMILES string of the molecule is CC(C)c1csc(CN2CCC[C@H](c3cc(=O)[nH]cn3)C2)n1. The van der Waals surface area contributed by atoms with Crippen LogP contribution in [0.5, 0.6) is 0 Å². The number of likely N-dealkylation sites (tertiary alicyclic amines) is 1. The summed E-state index contributed by atoms with van der Waals surface area (Å²) in [6.07, 6.45) is 3.75. The lowest BCUT2D eigenvalue weighted by Gasteiger charge is -2.31. The van der Waals surface area contributed by atoms with Gasteiger partial charge in [-0.15, -0.1) is 11.3 Å². The second-order valence-electron chi connectivity index (χ2n) is 6.23. The number of thiazole rings is 1. The lowest BCUT2D eigenvalue weighted by atomic mass is 9.94. The first kappa shape index (κ1) is 15.4. The zero-order valence-electron chi connectivity index (χ0n) is 13.1. The van der Waals surface area contributed by atoms with E-state index < -0.39 is 0 Å². The minimum Gasteiger partial charge on any atom is -0.313 e. The maximum atomic E-state index is 11.5. The van der Waals surface area contributed by atoms with Gasteiger partial charge in [0.15, 0.2) is 0 Å². The molecule has 1 saturated heterocycles. The summed E-state index contributed by atoms with van der Waals surface area (Å²) in [6, 6.07) is 1.63. The number of hydrogen-bond donors (Lipinski definition) is 1. The van der Waals surface area contributed by atoms with E-state index in [1.54, 1.807) is 17.4 Å². The quantitative estimate of drug-likeness (QED) is 0.941. The van der Waals surface area contributed by atoms with Crippen molar-refractivity contribution in [3.8, 4) is 0 Å². The van der Waals surface area contributed by atoms with Crippen LogP contribution in [-0.4, -0.2) is 32.9 Å². The summed E-state index contributed by atoms with van der Waals surface area (Å²) in [6.45, 7) is 7.29. The maximum Gasteiger partial charge on any atom is 0.250 e. The molecule has 0 saturated carbocycles. The van der Waals surface area contributed by atoms with Crippen LogP contribution >= 0.6 is 11.3 Å². The predicted molar refractivity (Wildman–Crippen MR) is 88.3 cm³/mol. The van der Waals surface area contributed by atoms with Crippen molar-refractivity contribution < 1.29 is 0 Å². The Balaban J connectivity index is 1.66. The molecule has 1 aliphatic heterocycles. The molecule has 0 bridgehead atoms. The Hall–Kier alpha value is -1.53. The highest BCUT2D eigenvalue weighted by Crippen LogP contribution is 2.26. The number of nitrogens with zero attached hydrogens (tertiary/aromatic N) is 3. The molecular weight excluding hydrogens is 296 g/mol. The van der Waals surface area contributed by atoms with Crippen LogP contribution in [-0.2, 0) is 6.54 Å². The van der Waals surface area contributed by atoms with E-state index >= 15 is 0 Å². The summed E-state index contributed by atoms with van der Waals surface area (Å²) in [5, 5.41) is 3.35. The van der Waals surface area contributed by atoms with E-state index in [1.807, 2.05) is 0 Å². The van der Waals surface area contributed by atoms with E-state index in [9.17, 15) is 4.79 Å². The van der Waals surface area contributed by atoms with E-state index in [2.05, 4.69) is 34.1 Å². The zero-order valence-corrected chi connectivity index (χ0v) is 13.9. The van der Waals surface area contributed by atoms with Gasteiger partial charge in [-0.3, -0.25) is 9.69 Å². The van der Waals surface area contributed by atoms with Crippen molar-refractivity contribution >= 4 is 11.3 Å². The standard InChI is InChI=1S/C16H22N4OS/c1-11(2)14-9-22-16(19-14)8-20-5-3-4-12(7-20)13-6-15(21)18-10-17-13/h6,9-12H,3-5,7-8H2,1-2H3,(H,17,18,21)/t12-/m0/s1. The van der Waals surface area contributed by atoms with Gasteiger partial charge in [-0.2, -0.15) is 0 Å². The third-order valence-electron chi connectivity index (χ3n) is 4.14. The normalized spacial score (nSPS) is 19.7. The molecule has 6 heteroatoms. The highest BCUT2D eigenvalue weighted by Gasteiger charge is 2.23. The van der Waals surface area contributed by atoms with Crippen LogP contribution in [0.2, 0.25) is 0 Å². The summed E-state index contributed by atoms with van der Waals surface area (Å²) in [5.41, 5.74) is 2.03. The highest BCUT2D eigenvalue weighted by molar-refractivity contribution is 7.09. The second-order valence-corrected chi connectivity index (χ2v) is 7.17. The van der Waals surface area contributed by atoms with Crippen LogP contribution in [0.3, 0.4) is 0 Å². The molecule has 0 amide bonds. The van der Waals surface area contributed by atoms with Crippen molar-refractivity contribution in [1.82, 2.24) is 19.9 Å². The van der Waals surface area contributed by atoms with E-state index in [4.69, 9.17) is 4.98 Å². The Labute approximate surface area is 134 Å². The minimum atomic E-state index is -0.0661. The summed E-state index contributed by atoms with van der Waals surface area (Å²) in [7, 11) is 0. The van der Waals surface area contributed by atoms with Gasteiger partial charge < -0.3 is 4.98 Å². The van der Waals surface area contributed by atoms with E-state index in [0.29, 0.717) is 11.8 Å². The fourth-order valence-electron chi connectivity index (χ4n) is 2.90. The third kappa shape index (κ3) is 3.62. The van der Waals surface area contributed by atoms with Crippen LogP contribution < -0.4 is 5.56 Å². The molecule has 2 aromatic heterocycles. The second kappa shape index (κ2) is 6.71. The largest absolute Gasteiger partial charge is 0.313 e. The molecule has 1 atom stereocenters. The summed E-state index contributed by atoms with van der Waals surface area (Å²) in [4.78, 5) is 25.5. The molecule has 2 aromatic rings. The van der Waals surface area contributed by atoms with Crippen molar-refractivity contribution in [2.45, 2.75) is 45.1 Å². The number of aromatic nitrogens is 3. The van der Waals surface area contributed by atoms with Crippen molar-refractivity contribution in [3.63, 3.8) is 0 Å². The smallest absolute Gasteiger partial charge is 0.250 e. The zero-order chi connectivity index (χ0) is 15.5. The summed E-state index contributed by atoms with van der Waals surface area (Å²) < 4.78 is 0. The van der Waals surface area contributed by atoms with Crippen molar-refractivity contribution in [2.75, 3.05) is 13.1 Å². The fraction of sp³-hybridized carbons (Fsp3) is 0.562. The van der Waals surface area contributed by atoms with Crippen LogP contribution in [0, 0.1) is 0 Å². The number of rotatable bonds is 4. The first-order valence-corrected chi connectivity index (χ1v) is 8.71. The van der Waals surface area contributed by atoms with Crippen molar-refractivity contribution in [3.05, 3.63) is 44.5 Å². The van der Waals surface area contributed by atoms with Crippen LogP contribution in [0.4, 0.5) is 0 Å². The molecule has 1 aliphatic rings. The topological polar surface area (TPSA) is 61.9 Å². The molecule has 118 valence electrons. The Kier molecular flexibility index (Phi) is 4.69. The molecule has 0 radical (unpaired) electrons. The molecule has 5 nitrogen and oxygen atoms in total. The van der Waals surface area contributed by atoms with Gasteiger partial charge >= 0.3 is 0 Å². The van der Waals surface area contributed by atoms with Gasteiger partial charge in [0.1, 0.15) is 5.01 Å². The van der Waals surface area contributed by atoms with Crippen LogP contribution in [0.15, 0.2) is 22.6 Å². The predicted octanol–water partition coefficient (Wildman–Crippen LogP) is 2.73. The maximum absolute atomic E-state index is 11.5. The average molecular weight is 318 g/mol. The fourth-order valence-corrected chi connectivity index (χ4v) is 3.90. The molecular formula is C16H22N4OS. The van der Waals surface area contributed by atoms with E-state index in [1.165, 1.54) is 17.0 Å². The molecule has 0 aliphatic carbocycles. The minimum absolute atomic E-state index is 0.0661. The van der Waals surface area contributed by atoms with Gasteiger partial charge in [-0.25, -0.2) is 9.97 Å². The van der Waals surface area contributed by atoms with Gasteiger partial charge in [-0.05, 0) is 25.3 Å². The van der Waals surface area contributed by atoms with E-state index in [0.717, 1.165) is 38.2 Å². The molecule has 0 unspecified atom stereocenters. The summed E-state index contributed by atoms with van der Waals surface area (Å²) in [5.74, 6) is 0.833. The van der Waals surface area contributed by atoms with Gasteiger partial charge in [0.05, 0.1) is 24.3 Å². The Bertz CT molecular complexity index is 679. The number of hydrogen-bond acceptors (Lipinski definition) is 5. The molecule has 22 heavy (non-hydrogen) atoms. The van der Waals surface area contributed by atoms with Crippen LogP contribution in [0.25, 0.3) is 0 Å². The molecule has 3 heterocycles. The first-order valence-electron chi connectivity index (χ1n) is 7.83. The Morgan fingerprint density at radius 3 is 3.09 bits per heavy atom. The van der Waals surface area contributed by atoms with Crippen molar-refractivity contribution in [2.24, 2.45) is 0 Å². The third-order valence-corrected chi connectivity index (χ3v) is 4.99. The van der Waals surface area contributed by atoms with Gasteiger partial charge in [0.2, 0.25) is 0 Å². The number of aromatic amines is 1. The molecule has 0 spiro atoms. The number of H-pyrrole nitrogens is 1. The van der Waals surface area contributed by atoms with Gasteiger partial charge in [-0.1, -0.05) is 13.8 Å². The summed E-state index contributed by atoms with van der Waals surface area (Å²) >= 11 is 1.75. The molecule has 1 N–H and O–H groups in total. The van der Waals surface area contributed by atoms with Gasteiger partial charge in [0, 0.05) is 23.9 Å². The number of piperidine rings is 1. The highest BCUT2D eigenvalue weighted by atomic mass is 32.1. The van der Waals surface area contributed by atoms with Crippen LogP contribution in [0.1, 0.15) is 54.9 Å². The Morgan fingerprint density at radius 1 is 1.50 bits per heavy atom. The molecule has 1 fully saturated rings. The Morgan fingerprint density at radius 2 is 2.36 bits per heavy atom. The van der Waals surface area contributed by atoms with Crippen molar-refractivity contribution in [1.29, 1.82) is 0 Å². The van der Waals surface area contributed by atoms with E-state index in [-0.39, 0.29) is 5.56 Å². The van der Waals surface area contributed by atoms with Gasteiger partial charge in [0.25, 0.3) is 5.56 Å². The molecule has 0 aromatic carbocycles. The molecule has 3 rings (SSSR count). The number of nitrogens with one attached hydrogen (secondary N) is 1. The first-order chi connectivity index (χ1) is 10.6. The lowest BCUT2D eigenvalue weighted by molar-refractivity contribution is 0.198.